The molecule has 3 nitrogen and oxygen atoms in total. The van der Waals surface area contributed by atoms with E-state index in [9.17, 15) is 4.79 Å². The summed E-state index contributed by atoms with van der Waals surface area (Å²) in [4.78, 5) is 14.0. The van der Waals surface area contributed by atoms with Crippen LogP contribution in [0.1, 0.15) is 29.6 Å². The maximum absolute atomic E-state index is 12.3. The molecule has 1 amide bonds. The van der Waals surface area contributed by atoms with E-state index in [2.05, 4.69) is 0 Å². The van der Waals surface area contributed by atoms with Crippen LogP contribution in [-0.4, -0.2) is 35.1 Å². The lowest BCUT2D eigenvalue weighted by Gasteiger charge is -2.37. The van der Waals surface area contributed by atoms with Crippen LogP contribution in [0.25, 0.3) is 0 Å². The van der Waals surface area contributed by atoms with Gasteiger partial charge >= 0.3 is 0 Å². The van der Waals surface area contributed by atoms with E-state index in [1.807, 2.05) is 0 Å². The van der Waals surface area contributed by atoms with Crippen molar-refractivity contribution in [2.75, 3.05) is 13.2 Å². The number of carbonyl (C=O) groups is 1. The Hall–Kier alpha value is -1.06. The largest absolute Gasteiger partial charge is 0.395 e. The molecule has 17 heavy (non-hydrogen) atoms. The predicted octanol–water partition coefficient (Wildman–Crippen LogP) is 2.33. The molecule has 1 aromatic rings. The molecule has 0 radical (unpaired) electrons. The van der Waals surface area contributed by atoms with E-state index >= 15 is 0 Å². The molecular formula is C13H16ClNO2. The summed E-state index contributed by atoms with van der Waals surface area (Å²) in [7, 11) is 0. The van der Waals surface area contributed by atoms with Gasteiger partial charge in [-0.05, 0) is 43.5 Å². The topological polar surface area (TPSA) is 40.5 Å². The molecule has 0 unspecified atom stereocenters. The van der Waals surface area contributed by atoms with Gasteiger partial charge in [0.05, 0.1) is 6.61 Å². The Kier molecular flexibility index (Phi) is 4.02. The lowest BCUT2D eigenvalue weighted by molar-refractivity contribution is 0.0526. The van der Waals surface area contributed by atoms with Crippen LogP contribution in [0.3, 0.4) is 0 Å². The average molecular weight is 254 g/mol. The third-order valence-electron chi connectivity index (χ3n) is 3.21. The third kappa shape index (κ3) is 2.79. The highest BCUT2D eigenvalue weighted by Gasteiger charge is 2.28. The second kappa shape index (κ2) is 5.52. The maximum Gasteiger partial charge on any atom is 0.254 e. The first-order chi connectivity index (χ1) is 8.22. The Morgan fingerprint density at radius 1 is 1.35 bits per heavy atom. The molecule has 0 aromatic heterocycles. The zero-order chi connectivity index (χ0) is 12.3. The van der Waals surface area contributed by atoms with E-state index in [1.54, 1.807) is 29.2 Å². The lowest BCUT2D eigenvalue weighted by Crippen LogP contribution is -2.45. The van der Waals surface area contributed by atoms with Gasteiger partial charge in [-0.1, -0.05) is 11.6 Å². The van der Waals surface area contributed by atoms with Gasteiger partial charge in [-0.15, -0.1) is 0 Å². The number of carbonyl (C=O) groups excluding carboxylic acids is 1. The molecule has 1 aromatic carbocycles. The number of hydrogen-bond acceptors (Lipinski definition) is 2. The number of hydrogen-bond donors (Lipinski definition) is 1. The fourth-order valence-corrected chi connectivity index (χ4v) is 2.14. The van der Waals surface area contributed by atoms with Crippen LogP contribution in [0, 0.1) is 0 Å². The molecule has 4 heteroatoms. The van der Waals surface area contributed by atoms with E-state index in [0.29, 0.717) is 23.2 Å². The number of aliphatic hydroxyl groups excluding tert-OH is 1. The molecule has 1 N–H and O–H groups in total. The number of amides is 1. The van der Waals surface area contributed by atoms with Crippen molar-refractivity contribution < 1.29 is 9.90 Å². The van der Waals surface area contributed by atoms with Crippen molar-refractivity contribution in [1.29, 1.82) is 0 Å². The van der Waals surface area contributed by atoms with Gasteiger partial charge in [0.15, 0.2) is 0 Å². The maximum atomic E-state index is 12.3. The summed E-state index contributed by atoms with van der Waals surface area (Å²) in [5.41, 5.74) is 0.634. The fraction of sp³-hybridized carbons (Fsp3) is 0.462. The molecule has 0 spiro atoms. The number of aliphatic hydroxyl groups is 1. The van der Waals surface area contributed by atoms with Gasteiger partial charge in [-0.25, -0.2) is 0 Å². The smallest absolute Gasteiger partial charge is 0.254 e. The van der Waals surface area contributed by atoms with E-state index in [4.69, 9.17) is 16.7 Å². The fourth-order valence-electron chi connectivity index (χ4n) is 2.01. The van der Waals surface area contributed by atoms with Crippen molar-refractivity contribution in [1.82, 2.24) is 4.90 Å². The van der Waals surface area contributed by atoms with Crippen molar-refractivity contribution in [2.45, 2.75) is 25.3 Å². The monoisotopic (exact) mass is 253 g/mol. The van der Waals surface area contributed by atoms with E-state index in [-0.39, 0.29) is 12.5 Å². The first-order valence-corrected chi connectivity index (χ1v) is 6.27. The van der Waals surface area contributed by atoms with E-state index in [0.717, 1.165) is 12.8 Å². The van der Waals surface area contributed by atoms with Crippen LogP contribution >= 0.6 is 11.6 Å². The summed E-state index contributed by atoms with van der Waals surface area (Å²) in [6.07, 6.45) is 3.25. The molecule has 0 saturated heterocycles. The number of benzene rings is 1. The zero-order valence-electron chi connectivity index (χ0n) is 9.60. The first kappa shape index (κ1) is 12.4. The van der Waals surface area contributed by atoms with Gasteiger partial charge in [0, 0.05) is 23.2 Å². The number of rotatable bonds is 4. The Morgan fingerprint density at radius 3 is 2.47 bits per heavy atom. The molecule has 1 fully saturated rings. The van der Waals surface area contributed by atoms with Crippen LogP contribution in [0.5, 0.6) is 0 Å². The minimum absolute atomic E-state index is 0.00975. The lowest BCUT2D eigenvalue weighted by atomic mass is 9.91. The molecule has 0 heterocycles. The normalized spacial score (nSPS) is 15.4. The highest BCUT2D eigenvalue weighted by atomic mass is 35.5. The Balaban J connectivity index is 2.12. The summed E-state index contributed by atoms with van der Waals surface area (Å²) in [6, 6.07) is 7.19. The van der Waals surface area contributed by atoms with Crippen LogP contribution in [-0.2, 0) is 0 Å². The van der Waals surface area contributed by atoms with Gasteiger partial charge in [-0.3, -0.25) is 4.79 Å². The molecule has 2 rings (SSSR count). The van der Waals surface area contributed by atoms with Crippen molar-refractivity contribution in [3.05, 3.63) is 34.9 Å². The van der Waals surface area contributed by atoms with E-state index < -0.39 is 0 Å². The molecule has 1 saturated carbocycles. The minimum atomic E-state index is -0.0135. The summed E-state index contributed by atoms with van der Waals surface area (Å²) in [5.74, 6) is -0.0135. The van der Waals surface area contributed by atoms with Crippen molar-refractivity contribution in [3.63, 3.8) is 0 Å². The van der Waals surface area contributed by atoms with Gasteiger partial charge in [0.1, 0.15) is 0 Å². The second-order valence-electron chi connectivity index (χ2n) is 4.31. The number of nitrogens with zero attached hydrogens (tertiary/aromatic N) is 1. The van der Waals surface area contributed by atoms with Gasteiger partial charge in [-0.2, -0.15) is 0 Å². The quantitative estimate of drug-likeness (QED) is 0.895. The Bertz CT molecular complexity index is 387. The first-order valence-electron chi connectivity index (χ1n) is 5.90. The van der Waals surface area contributed by atoms with Crippen LogP contribution < -0.4 is 0 Å². The number of halogens is 1. The van der Waals surface area contributed by atoms with Gasteiger partial charge < -0.3 is 10.0 Å². The van der Waals surface area contributed by atoms with Crippen molar-refractivity contribution >= 4 is 17.5 Å². The summed E-state index contributed by atoms with van der Waals surface area (Å²) < 4.78 is 0. The van der Waals surface area contributed by atoms with Crippen LogP contribution in [0.4, 0.5) is 0 Å². The van der Waals surface area contributed by atoms with E-state index in [1.165, 1.54) is 6.42 Å². The van der Waals surface area contributed by atoms with Gasteiger partial charge in [0.25, 0.3) is 5.91 Å². The average Bonchev–Trinajstić information content (AvgIpc) is 2.26. The molecule has 1 aliphatic carbocycles. The standard InChI is InChI=1S/C13H16ClNO2/c14-11-6-4-10(5-7-11)13(17)15(8-9-16)12-2-1-3-12/h4-7,12,16H,1-3,8-9H2. The molecule has 0 aliphatic heterocycles. The van der Waals surface area contributed by atoms with Crippen molar-refractivity contribution in [2.24, 2.45) is 0 Å². The summed E-state index contributed by atoms with van der Waals surface area (Å²) >= 11 is 5.79. The Labute approximate surface area is 106 Å². The Morgan fingerprint density at radius 2 is 2.00 bits per heavy atom. The second-order valence-corrected chi connectivity index (χ2v) is 4.75. The SMILES string of the molecule is O=C(c1ccc(Cl)cc1)N(CCO)C1CCC1. The van der Waals surface area contributed by atoms with Crippen LogP contribution in [0.2, 0.25) is 5.02 Å². The van der Waals surface area contributed by atoms with Gasteiger partial charge in [0.2, 0.25) is 0 Å². The summed E-state index contributed by atoms with van der Waals surface area (Å²) in [5, 5.41) is 9.65. The molecule has 1 aliphatic rings. The predicted molar refractivity (Wildman–Crippen MR) is 67.2 cm³/mol. The van der Waals surface area contributed by atoms with Crippen LogP contribution in [0.15, 0.2) is 24.3 Å². The zero-order valence-corrected chi connectivity index (χ0v) is 10.4. The minimum Gasteiger partial charge on any atom is -0.395 e. The van der Waals surface area contributed by atoms with Crippen molar-refractivity contribution in [3.8, 4) is 0 Å². The summed E-state index contributed by atoms with van der Waals surface area (Å²) in [6.45, 7) is 0.419. The third-order valence-corrected chi connectivity index (χ3v) is 3.46. The molecule has 0 bridgehead atoms. The molecule has 0 atom stereocenters. The molecular weight excluding hydrogens is 238 g/mol. The highest BCUT2D eigenvalue weighted by Crippen LogP contribution is 2.26. The highest BCUT2D eigenvalue weighted by molar-refractivity contribution is 6.30. The molecule has 92 valence electrons.